The zero-order valence-electron chi connectivity index (χ0n) is 16.4. The number of carbonyl (C=O) groups excluding carboxylic acids is 2. The molecule has 3 rings (SSSR count). The Morgan fingerprint density at radius 1 is 1.21 bits per heavy atom. The molecule has 1 unspecified atom stereocenters. The van der Waals surface area contributed by atoms with E-state index in [1.807, 2.05) is 17.8 Å². The summed E-state index contributed by atoms with van der Waals surface area (Å²) in [6.07, 6.45) is 3.52. The van der Waals surface area contributed by atoms with Gasteiger partial charge >= 0.3 is 0 Å². The van der Waals surface area contributed by atoms with Crippen LogP contribution < -0.4 is 10.1 Å². The average Bonchev–Trinajstić information content (AvgIpc) is 3.11. The third-order valence-corrected chi connectivity index (χ3v) is 6.39. The largest absolute Gasteiger partial charge is 0.486 e. The molecule has 0 aliphatic carbocycles. The van der Waals surface area contributed by atoms with E-state index in [1.165, 1.54) is 4.90 Å². The van der Waals surface area contributed by atoms with Gasteiger partial charge in [0.2, 0.25) is 5.91 Å². The lowest BCUT2D eigenvalue weighted by Gasteiger charge is -2.29. The zero-order valence-corrected chi connectivity index (χ0v) is 17.2. The molecule has 1 aromatic carbocycles. The van der Waals surface area contributed by atoms with Gasteiger partial charge in [-0.2, -0.15) is 0 Å². The van der Waals surface area contributed by atoms with Crippen LogP contribution in [0.4, 0.5) is 0 Å². The number of ether oxygens (including phenoxy) is 1. The number of nitrogens with zero attached hydrogens (tertiary/aromatic N) is 3. The van der Waals surface area contributed by atoms with Crippen LogP contribution in [0, 0.1) is 0 Å². The molecule has 2 amide bonds. The van der Waals surface area contributed by atoms with Crippen LogP contribution >= 0.6 is 0 Å². The lowest BCUT2D eigenvalue weighted by Crippen LogP contribution is -2.51. The highest BCUT2D eigenvalue weighted by Crippen LogP contribution is 2.14. The molecule has 29 heavy (non-hydrogen) atoms. The molecule has 0 radical (unpaired) electrons. The first-order valence-corrected chi connectivity index (χ1v) is 11.1. The maximum Gasteiger partial charge on any atom is 0.251 e. The molecule has 2 aromatic rings. The number of aryl methyl sites for hydroxylation is 1. The molecular weight excluding hydrogens is 396 g/mol. The number of amides is 2. The van der Waals surface area contributed by atoms with Crippen LogP contribution in [0.5, 0.6) is 5.75 Å². The predicted octanol–water partition coefficient (Wildman–Crippen LogP) is 0.374. The van der Waals surface area contributed by atoms with Gasteiger partial charge in [-0.05, 0) is 31.2 Å². The van der Waals surface area contributed by atoms with E-state index in [0.29, 0.717) is 17.9 Å². The third kappa shape index (κ3) is 5.35. The quantitative estimate of drug-likeness (QED) is 0.723. The molecule has 1 fully saturated rings. The number of hydrogen-bond donors (Lipinski definition) is 1. The van der Waals surface area contributed by atoms with Crippen molar-refractivity contribution in [1.82, 2.24) is 19.8 Å². The standard InChI is InChI=1S/C19H24N4O5S/c1-14(19(25)23-9-11-29(26,27)12-10-23)21-18(24)15-3-5-16(6-4-15)28-13-17-20-7-8-22(17)2/h3-8,14H,9-13H2,1-2H3,(H,21,24). The fourth-order valence-electron chi connectivity index (χ4n) is 2.93. The van der Waals surface area contributed by atoms with Crippen molar-refractivity contribution in [3.63, 3.8) is 0 Å². The molecule has 0 spiro atoms. The Morgan fingerprint density at radius 3 is 2.45 bits per heavy atom. The lowest BCUT2D eigenvalue weighted by molar-refractivity contribution is -0.132. The van der Waals surface area contributed by atoms with E-state index in [2.05, 4.69) is 10.3 Å². The number of hydrogen-bond acceptors (Lipinski definition) is 6. The fourth-order valence-corrected chi connectivity index (χ4v) is 4.14. The molecule has 1 N–H and O–H groups in total. The molecule has 0 saturated carbocycles. The minimum Gasteiger partial charge on any atom is -0.486 e. The number of rotatable bonds is 6. The van der Waals surface area contributed by atoms with Crippen LogP contribution in [0.2, 0.25) is 0 Å². The molecule has 156 valence electrons. The highest BCUT2D eigenvalue weighted by atomic mass is 32.2. The van der Waals surface area contributed by atoms with E-state index in [4.69, 9.17) is 4.74 Å². The molecule has 1 atom stereocenters. The van der Waals surface area contributed by atoms with E-state index >= 15 is 0 Å². The summed E-state index contributed by atoms with van der Waals surface area (Å²) >= 11 is 0. The van der Waals surface area contributed by atoms with E-state index < -0.39 is 15.9 Å². The van der Waals surface area contributed by atoms with Crippen molar-refractivity contribution in [3.05, 3.63) is 48.0 Å². The average molecular weight is 420 g/mol. The van der Waals surface area contributed by atoms with E-state index in [9.17, 15) is 18.0 Å². The molecule has 1 aliphatic rings. The monoisotopic (exact) mass is 420 g/mol. The molecule has 2 heterocycles. The highest BCUT2D eigenvalue weighted by molar-refractivity contribution is 7.91. The van der Waals surface area contributed by atoms with E-state index in [-0.39, 0.29) is 36.4 Å². The molecule has 10 heteroatoms. The van der Waals surface area contributed by atoms with Gasteiger partial charge in [0.05, 0.1) is 11.5 Å². The fraction of sp³-hybridized carbons (Fsp3) is 0.421. The summed E-state index contributed by atoms with van der Waals surface area (Å²) in [5.41, 5.74) is 0.398. The van der Waals surface area contributed by atoms with Gasteiger partial charge in [0.25, 0.3) is 5.91 Å². The molecular formula is C19H24N4O5S. The molecule has 1 saturated heterocycles. The van der Waals surface area contributed by atoms with Crippen molar-refractivity contribution in [2.75, 3.05) is 24.6 Å². The van der Waals surface area contributed by atoms with Crippen LogP contribution in [0.15, 0.2) is 36.7 Å². The lowest BCUT2D eigenvalue weighted by atomic mass is 10.2. The summed E-state index contributed by atoms with van der Waals surface area (Å²) in [5, 5.41) is 2.66. The topological polar surface area (TPSA) is 111 Å². The summed E-state index contributed by atoms with van der Waals surface area (Å²) < 4.78 is 30.5. The van der Waals surface area contributed by atoms with Crippen molar-refractivity contribution < 1.29 is 22.7 Å². The Morgan fingerprint density at radius 2 is 1.86 bits per heavy atom. The van der Waals surface area contributed by atoms with Crippen LogP contribution in [0.25, 0.3) is 0 Å². The zero-order chi connectivity index (χ0) is 21.0. The van der Waals surface area contributed by atoms with Crippen molar-refractivity contribution in [3.8, 4) is 5.75 Å². The van der Waals surface area contributed by atoms with E-state index in [1.54, 1.807) is 37.4 Å². The smallest absolute Gasteiger partial charge is 0.251 e. The Hall–Kier alpha value is -2.88. The highest BCUT2D eigenvalue weighted by Gasteiger charge is 2.28. The van der Waals surface area contributed by atoms with E-state index in [0.717, 1.165) is 5.82 Å². The number of carbonyl (C=O) groups is 2. The first-order chi connectivity index (χ1) is 13.7. The Kier molecular flexibility index (Phi) is 6.21. The van der Waals surface area contributed by atoms with Crippen molar-refractivity contribution in [2.45, 2.75) is 19.6 Å². The van der Waals surface area contributed by atoms with Gasteiger partial charge in [-0.15, -0.1) is 0 Å². The van der Waals surface area contributed by atoms with Gasteiger partial charge in [-0.1, -0.05) is 0 Å². The van der Waals surface area contributed by atoms with Gasteiger partial charge in [0, 0.05) is 38.1 Å². The summed E-state index contributed by atoms with van der Waals surface area (Å²) in [6.45, 7) is 2.21. The van der Waals surface area contributed by atoms with Crippen LogP contribution in [-0.4, -0.2) is 65.3 Å². The second-order valence-corrected chi connectivity index (χ2v) is 9.24. The van der Waals surface area contributed by atoms with Gasteiger partial charge in [-0.3, -0.25) is 9.59 Å². The number of imidazole rings is 1. The number of aromatic nitrogens is 2. The van der Waals surface area contributed by atoms with Crippen molar-refractivity contribution in [2.24, 2.45) is 7.05 Å². The maximum atomic E-state index is 12.4. The van der Waals surface area contributed by atoms with Gasteiger partial charge < -0.3 is 19.5 Å². The first kappa shape index (κ1) is 20.8. The SMILES string of the molecule is CC(NC(=O)c1ccc(OCc2nccn2C)cc1)C(=O)N1CCS(=O)(=O)CC1. The summed E-state index contributed by atoms with van der Waals surface area (Å²) in [7, 11) is -1.19. The number of nitrogens with one attached hydrogen (secondary N) is 1. The molecule has 9 nitrogen and oxygen atoms in total. The normalized spacial score (nSPS) is 16.8. The van der Waals surface area contributed by atoms with Crippen molar-refractivity contribution in [1.29, 1.82) is 0 Å². The van der Waals surface area contributed by atoms with Crippen LogP contribution in [0.1, 0.15) is 23.1 Å². The second-order valence-electron chi connectivity index (χ2n) is 6.94. The van der Waals surface area contributed by atoms with Gasteiger partial charge in [0.15, 0.2) is 9.84 Å². The Bertz CT molecular complexity index is 970. The van der Waals surface area contributed by atoms with Crippen LogP contribution in [-0.2, 0) is 28.3 Å². The molecule has 1 aliphatic heterocycles. The summed E-state index contributed by atoms with van der Waals surface area (Å²) in [6, 6.07) is 5.85. The first-order valence-electron chi connectivity index (χ1n) is 9.24. The minimum atomic E-state index is -3.07. The molecule has 0 bridgehead atoms. The number of benzene rings is 1. The van der Waals surface area contributed by atoms with Gasteiger partial charge in [-0.25, -0.2) is 13.4 Å². The minimum absolute atomic E-state index is 0.0425. The summed E-state index contributed by atoms with van der Waals surface area (Å²) in [4.78, 5) is 30.5. The Labute approximate surface area is 169 Å². The third-order valence-electron chi connectivity index (χ3n) is 4.78. The number of sulfone groups is 1. The summed E-state index contributed by atoms with van der Waals surface area (Å²) in [5.74, 6) is 0.625. The van der Waals surface area contributed by atoms with Gasteiger partial charge in [0.1, 0.15) is 24.2 Å². The second kappa shape index (κ2) is 8.64. The van der Waals surface area contributed by atoms with Crippen molar-refractivity contribution >= 4 is 21.7 Å². The maximum absolute atomic E-state index is 12.4. The Balaban J connectivity index is 1.52. The molecule has 1 aromatic heterocycles. The predicted molar refractivity (Wildman–Crippen MR) is 106 cm³/mol. The van der Waals surface area contributed by atoms with Crippen LogP contribution in [0.3, 0.4) is 0 Å².